The minimum absolute atomic E-state index is 0.468. The van der Waals surface area contributed by atoms with Crippen LogP contribution in [0.3, 0.4) is 0 Å². The molecule has 1 amide bonds. The van der Waals surface area contributed by atoms with Gasteiger partial charge in [0, 0.05) is 6.08 Å². The molecule has 1 N–H and O–H groups in total. The summed E-state index contributed by atoms with van der Waals surface area (Å²) in [5, 5.41) is 8.57. The average Bonchev–Trinajstić information content (AvgIpc) is 2.35. The Balaban J connectivity index is 2.43. The molecule has 1 aromatic rings. The smallest absolute Gasteiger partial charge is 0.268 e. The molecule has 0 atom stereocenters. The minimum atomic E-state index is -4.50. The van der Waals surface area contributed by atoms with Crippen LogP contribution in [0.2, 0.25) is 0 Å². The van der Waals surface area contributed by atoms with Crippen LogP contribution in [-0.2, 0) is 9.63 Å². The molecular formula is C12H9F3N2O2. The van der Waals surface area contributed by atoms with E-state index in [4.69, 9.17) is 5.26 Å². The van der Waals surface area contributed by atoms with Gasteiger partial charge >= 0.3 is 6.18 Å². The lowest BCUT2D eigenvalue weighted by Gasteiger charge is -2.06. The molecule has 0 aromatic heterocycles. The van der Waals surface area contributed by atoms with Crippen LogP contribution in [0, 0.1) is 11.3 Å². The summed E-state index contributed by atoms with van der Waals surface area (Å²) in [6.45, 7) is -1.55. The molecule has 0 saturated heterocycles. The number of nitrogens with zero attached hydrogens (tertiary/aromatic N) is 1. The fraction of sp³-hybridized carbons (Fsp3) is 0.167. The highest BCUT2D eigenvalue weighted by atomic mass is 19.4. The second-order valence-corrected chi connectivity index (χ2v) is 3.44. The van der Waals surface area contributed by atoms with Gasteiger partial charge in [0.2, 0.25) is 0 Å². The normalized spacial score (nSPS) is 11.3. The number of hydroxylamine groups is 1. The number of hydrogen-bond acceptors (Lipinski definition) is 3. The van der Waals surface area contributed by atoms with Crippen LogP contribution < -0.4 is 5.48 Å². The summed E-state index contributed by atoms with van der Waals surface area (Å²) in [5.74, 6) is -0.811. The van der Waals surface area contributed by atoms with Crippen molar-refractivity contribution in [1.82, 2.24) is 5.48 Å². The first kappa shape index (κ1) is 14.7. The first-order chi connectivity index (χ1) is 8.90. The van der Waals surface area contributed by atoms with E-state index in [1.54, 1.807) is 29.7 Å². The summed E-state index contributed by atoms with van der Waals surface area (Å²) < 4.78 is 35.1. The zero-order chi connectivity index (χ0) is 14.3. The molecule has 0 radical (unpaired) electrons. The molecule has 0 saturated carbocycles. The topological polar surface area (TPSA) is 62.1 Å². The summed E-state index contributed by atoms with van der Waals surface area (Å²) in [5.41, 5.74) is 2.73. The maximum Gasteiger partial charge on any atom is 0.414 e. The van der Waals surface area contributed by atoms with Crippen LogP contribution in [0.4, 0.5) is 13.2 Å². The van der Waals surface area contributed by atoms with E-state index in [1.165, 1.54) is 6.08 Å². The van der Waals surface area contributed by atoms with E-state index in [1.807, 2.05) is 6.07 Å². The van der Waals surface area contributed by atoms with Crippen molar-refractivity contribution in [2.24, 2.45) is 0 Å². The van der Waals surface area contributed by atoms with Crippen molar-refractivity contribution in [3.63, 3.8) is 0 Å². The Hall–Kier alpha value is -2.33. The number of benzene rings is 1. The molecule has 0 aliphatic rings. The molecule has 1 aromatic carbocycles. The molecule has 19 heavy (non-hydrogen) atoms. The number of amides is 1. The number of nitrogens with one attached hydrogen (secondary N) is 1. The largest absolute Gasteiger partial charge is 0.414 e. The van der Waals surface area contributed by atoms with Gasteiger partial charge in [-0.25, -0.2) is 5.48 Å². The Labute approximate surface area is 107 Å². The van der Waals surface area contributed by atoms with Crippen LogP contribution in [0.15, 0.2) is 30.3 Å². The molecule has 0 aliphatic heterocycles. The number of nitriles is 1. The van der Waals surface area contributed by atoms with E-state index < -0.39 is 18.7 Å². The number of rotatable bonds is 4. The first-order valence-electron chi connectivity index (χ1n) is 5.07. The van der Waals surface area contributed by atoms with Crippen molar-refractivity contribution >= 4 is 12.0 Å². The molecule has 0 unspecified atom stereocenters. The highest BCUT2D eigenvalue weighted by Crippen LogP contribution is 2.13. The zero-order valence-corrected chi connectivity index (χ0v) is 9.57. The molecule has 100 valence electrons. The van der Waals surface area contributed by atoms with Gasteiger partial charge in [0.25, 0.3) is 5.91 Å². The van der Waals surface area contributed by atoms with Crippen molar-refractivity contribution < 1.29 is 22.8 Å². The Morgan fingerprint density at radius 1 is 1.37 bits per heavy atom. The quantitative estimate of drug-likeness (QED) is 0.673. The van der Waals surface area contributed by atoms with Crippen molar-refractivity contribution in [2.75, 3.05) is 6.61 Å². The lowest BCUT2D eigenvalue weighted by atomic mass is 10.1. The second kappa shape index (κ2) is 6.56. The van der Waals surface area contributed by atoms with Crippen LogP contribution >= 0.6 is 0 Å². The van der Waals surface area contributed by atoms with E-state index in [0.29, 0.717) is 11.1 Å². The minimum Gasteiger partial charge on any atom is -0.268 e. The van der Waals surface area contributed by atoms with Gasteiger partial charge in [-0.3, -0.25) is 9.63 Å². The predicted molar refractivity (Wildman–Crippen MR) is 60.3 cm³/mol. The highest BCUT2D eigenvalue weighted by molar-refractivity contribution is 5.90. The molecule has 7 heteroatoms. The number of carbonyl (C=O) groups is 1. The summed E-state index contributed by atoms with van der Waals surface area (Å²) in [7, 11) is 0. The molecule has 0 fully saturated rings. The van der Waals surface area contributed by atoms with Crippen molar-refractivity contribution in [1.29, 1.82) is 5.26 Å². The number of carbonyl (C=O) groups excluding carboxylic acids is 1. The number of halogens is 3. The SMILES string of the molecule is N#Cc1ccc(/C=C/C(=O)NOCC(F)(F)F)cc1. The van der Waals surface area contributed by atoms with Gasteiger partial charge in [0.15, 0.2) is 6.61 Å². The standard InChI is InChI=1S/C12H9F3N2O2/c13-12(14,15)8-19-17-11(18)6-5-9-1-3-10(7-16)4-2-9/h1-6H,8H2,(H,17,18)/b6-5+. The summed E-state index contributed by atoms with van der Waals surface area (Å²) >= 11 is 0. The molecular weight excluding hydrogens is 261 g/mol. The molecule has 0 heterocycles. The van der Waals surface area contributed by atoms with E-state index in [2.05, 4.69) is 4.84 Å². The Bertz CT molecular complexity index is 501. The average molecular weight is 270 g/mol. The fourth-order valence-electron chi connectivity index (χ4n) is 1.06. The Kier molecular flexibility index (Phi) is 5.09. The third-order valence-corrected chi connectivity index (χ3v) is 1.88. The van der Waals surface area contributed by atoms with Gasteiger partial charge in [0.1, 0.15) is 0 Å². The van der Waals surface area contributed by atoms with Crippen LogP contribution in [0.25, 0.3) is 6.08 Å². The lowest BCUT2D eigenvalue weighted by Crippen LogP contribution is -2.28. The summed E-state index contributed by atoms with van der Waals surface area (Å²) in [4.78, 5) is 15.0. The third-order valence-electron chi connectivity index (χ3n) is 1.88. The van der Waals surface area contributed by atoms with Crippen LogP contribution in [0.5, 0.6) is 0 Å². The van der Waals surface area contributed by atoms with Gasteiger partial charge in [-0.2, -0.15) is 18.4 Å². The van der Waals surface area contributed by atoms with E-state index in [-0.39, 0.29) is 0 Å². The first-order valence-corrected chi connectivity index (χ1v) is 5.07. The number of hydrogen-bond donors (Lipinski definition) is 1. The van der Waals surface area contributed by atoms with Gasteiger partial charge < -0.3 is 0 Å². The van der Waals surface area contributed by atoms with Gasteiger partial charge in [-0.1, -0.05) is 12.1 Å². The van der Waals surface area contributed by atoms with Gasteiger partial charge in [-0.05, 0) is 23.8 Å². The van der Waals surface area contributed by atoms with Gasteiger partial charge in [-0.15, -0.1) is 0 Å². The van der Waals surface area contributed by atoms with Gasteiger partial charge in [0.05, 0.1) is 11.6 Å². The molecule has 0 spiro atoms. The monoisotopic (exact) mass is 270 g/mol. The summed E-state index contributed by atoms with van der Waals surface area (Å²) in [6.07, 6.45) is -2.09. The predicted octanol–water partition coefficient (Wildman–Crippen LogP) is 2.18. The Morgan fingerprint density at radius 3 is 2.53 bits per heavy atom. The van der Waals surface area contributed by atoms with Crippen molar-refractivity contribution in [2.45, 2.75) is 6.18 Å². The molecule has 0 aliphatic carbocycles. The van der Waals surface area contributed by atoms with E-state index in [9.17, 15) is 18.0 Å². The van der Waals surface area contributed by atoms with Crippen LogP contribution in [0.1, 0.15) is 11.1 Å². The van der Waals surface area contributed by atoms with Crippen molar-refractivity contribution in [3.05, 3.63) is 41.5 Å². The fourth-order valence-corrected chi connectivity index (χ4v) is 1.06. The highest BCUT2D eigenvalue weighted by Gasteiger charge is 2.28. The molecule has 0 bridgehead atoms. The van der Waals surface area contributed by atoms with Crippen molar-refractivity contribution in [3.8, 4) is 6.07 Å². The Morgan fingerprint density at radius 2 is 2.00 bits per heavy atom. The molecule has 4 nitrogen and oxygen atoms in total. The van der Waals surface area contributed by atoms with Crippen LogP contribution in [-0.4, -0.2) is 18.7 Å². The third kappa shape index (κ3) is 6.24. The zero-order valence-electron chi connectivity index (χ0n) is 9.57. The van der Waals surface area contributed by atoms with E-state index in [0.717, 1.165) is 6.08 Å². The van der Waals surface area contributed by atoms with E-state index >= 15 is 0 Å². The molecule has 1 rings (SSSR count). The lowest BCUT2D eigenvalue weighted by molar-refractivity contribution is -0.190. The maximum atomic E-state index is 11.7. The number of alkyl halides is 3. The second-order valence-electron chi connectivity index (χ2n) is 3.44. The maximum absolute atomic E-state index is 11.7. The summed E-state index contributed by atoms with van der Waals surface area (Å²) in [6, 6.07) is 8.23.